The van der Waals surface area contributed by atoms with E-state index in [1.54, 1.807) is 11.6 Å². The number of thioether (sulfide) groups is 1. The fourth-order valence-corrected chi connectivity index (χ4v) is 3.14. The van der Waals surface area contributed by atoms with Gasteiger partial charge in [-0.15, -0.1) is 10.2 Å². The lowest BCUT2D eigenvalue weighted by atomic mass is 10.3. The normalized spacial score (nSPS) is 10.7. The number of carbonyl (C=O) groups is 1. The first-order chi connectivity index (χ1) is 13.4. The molecule has 6 nitrogen and oxygen atoms in total. The summed E-state index contributed by atoms with van der Waals surface area (Å²) in [7, 11) is 1.74. The van der Waals surface area contributed by atoms with Crippen LogP contribution in [0.3, 0.4) is 0 Å². The quantitative estimate of drug-likeness (QED) is 0.579. The molecule has 1 aromatic heterocycles. The van der Waals surface area contributed by atoms with Crippen LogP contribution in [0.5, 0.6) is 5.75 Å². The third kappa shape index (κ3) is 5.20. The molecule has 0 bridgehead atoms. The van der Waals surface area contributed by atoms with E-state index < -0.39 is 5.82 Å². The smallest absolute Gasteiger partial charge is 0.234 e. The van der Waals surface area contributed by atoms with Gasteiger partial charge >= 0.3 is 0 Å². The van der Waals surface area contributed by atoms with Crippen molar-refractivity contribution < 1.29 is 18.3 Å². The maximum atomic E-state index is 13.1. The number of halogens is 3. The fraction of sp³-hybridized carbons (Fsp3) is 0.167. The summed E-state index contributed by atoms with van der Waals surface area (Å²) in [5.41, 5.74) is 0.509. The standard InChI is InChI=1S/C18H15ClF2N4O2S/c1-25-16(9-27-15-7-4-12(21)8-14(15)19)23-24-18(25)28-10-17(26)22-13-5-2-11(20)3-6-13/h2-8H,9-10H2,1H3,(H,22,26). The number of rotatable bonds is 7. The average Bonchev–Trinajstić information content (AvgIpc) is 3.01. The molecule has 0 aliphatic carbocycles. The molecule has 0 radical (unpaired) electrons. The molecule has 0 aliphatic rings. The van der Waals surface area contributed by atoms with Crippen molar-refractivity contribution in [1.29, 1.82) is 0 Å². The van der Waals surface area contributed by atoms with Gasteiger partial charge < -0.3 is 14.6 Å². The highest BCUT2D eigenvalue weighted by molar-refractivity contribution is 7.99. The van der Waals surface area contributed by atoms with E-state index in [0.717, 1.165) is 6.07 Å². The van der Waals surface area contributed by atoms with Crippen molar-refractivity contribution >= 4 is 35.0 Å². The van der Waals surface area contributed by atoms with Gasteiger partial charge in [0.1, 0.15) is 24.0 Å². The molecule has 2 aromatic carbocycles. The van der Waals surface area contributed by atoms with Crippen molar-refractivity contribution in [2.45, 2.75) is 11.8 Å². The van der Waals surface area contributed by atoms with E-state index in [1.165, 1.54) is 48.2 Å². The number of amides is 1. The zero-order valence-electron chi connectivity index (χ0n) is 14.7. The monoisotopic (exact) mass is 424 g/mol. The summed E-state index contributed by atoms with van der Waals surface area (Å²) < 4.78 is 33.2. The summed E-state index contributed by atoms with van der Waals surface area (Å²) in [6.07, 6.45) is 0. The second kappa shape index (κ2) is 9.03. The van der Waals surface area contributed by atoms with Gasteiger partial charge in [0.15, 0.2) is 11.0 Å². The van der Waals surface area contributed by atoms with Crippen molar-refractivity contribution in [2.24, 2.45) is 7.05 Å². The van der Waals surface area contributed by atoms with E-state index in [4.69, 9.17) is 16.3 Å². The molecule has 1 amide bonds. The second-order valence-electron chi connectivity index (χ2n) is 5.66. The molecule has 3 rings (SSSR count). The first kappa shape index (κ1) is 20.1. The number of aromatic nitrogens is 3. The van der Waals surface area contributed by atoms with Crippen molar-refractivity contribution in [3.8, 4) is 5.75 Å². The van der Waals surface area contributed by atoms with Gasteiger partial charge in [0, 0.05) is 12.7 Å². The van der Waals surface area contributed by atoms with E-state index in [0.29, 0.717) is 22.4 Å². The molecule has 3 aromatic rings. The number of nitrogens with one attached hydrogen (secondary N) is 1. The predicted octanol–water partition coefficient (Wildman–Crippen LogP) is 4.06. The van der Waals surface area contributed by atoms with Crippen LogP contribution >= 0.6 is 23.4 Å². The molecule has 0 aliphatic heterocycles. The second-order valence-corrected chi connectivity index (χ2v) is 7.01. The maximum absolute atomic E-state index is 13.1. The Morgan fingerprint density at radius 3 is 2.61 bits per heavy atom. The van der Waals surface area contributed by atoms with Crippen LogP contribution in [0.15, 0.2) is 47.6 Å². The molecule has 146 valence electrons. The van der Waals surface area contributed by atoms with Gasteiger partial charge in [0.05, 0.1) is 10.8 Å². The number of hydrogen-bond acceptors (Lipinski definition) is 5. The van der Waals surface area contributed by atoms with Crippen molar-refractivity contribution in [3.63, 3.8) is 0 Å². The Labute approximate surface area is 168 Å². The minimum atomic E-state index is -0.450. The topological polar surface area (TPSA) is 69.0 Å². The number of carbonyl (C=O) groups excluding carboxylic acids is 1. The van der Waals surface area contributed by atoms with Crippen LogP contribution in [0.2, 0.25) is 5.02 Å². The van der Waals surface area contributed by atoms with Crippen LogP contribution < -0.4 is 10.1 Å². The number of nitrogens with zero attached hydrogens (tertiary/aromatic N) is 3. The molecule has 1 heterocycles. The van der Waals surface area contributed by atoms with Crippen LogP contribution in [0.1, 0.15) is 5.82 Å². The molecule has 0 fully saturated rings. The van der Waals surface area contributed by atoms with Gasteiger partial charge in [0.2, 0.25) is 5.91 Å². The van der Waals surface area contributed by atoms with Gasteiger partial charge in [-0.2, -0.15) is 0 Å². The molecule has 1 N–H and O–H groups in total. The Kier molecular flexibility index (Phi) is 6.48. The highest BCUT2D eigenvalue weighted by Crippen LogP contribution is 2.26. The van der Waals surface area contributed by atoms with Crippen molar-refractivity contribution in [1.82, 2.24) is 14.8 Å². The summed E-state index contributed by atoms with van der Waals surface area (Å²) in [5, 5.41) is 11.4. The molecule has 28 heavy (non-hydrogen) atoms. The van der Waals surface area contributed by atoms with E-state index >= 15 is 0 Å². The van der Waals surface area contributed by atoms with Crippen molar-refractivity contribution in [2.75, 3.05) is 11.1 Å². The third-order valence-electron chi connectivity index (χ3n) is 3.64. The number of ether oxygens (including phenoxy) is 1. The van der Waals surface area contributed by atoms with Gasteiger partial charge in [0.25, 0.3) is 0 Å². The van der Waals surface area contributed by atoms with Crippen LogP contribution in [-0.4, -0.2) is 26.4 Å². The molecular formula is C18H15ClF2N4O2S. The highest BCUT2D eigenvalue weighted by atomic mass is 35.5. The maximum Gasteiger partial charge on any atom is 0.234 e. The summed E-state index contributed by atoms with van der Waals surface area (Å²) in [4.78, 5) is 12.0. The highest BCUT2D eigenvalue weighted by Gasteiger charge is 2.13. The SMILES string of the molecule is Cn1c(COc2ccc(F)cc2Cl)nnc1SCC(=O)Nc1ccc(F)cc1. The number of benzene rings is 2. The summed E-state index contributed by atoms with van der Waals surface area (Å²) >= 11 is 7.12. The van der Waals surface area contributed by atoms with Gasteiger partial charge in [-0.05, 0) is 42.5 Å². The summed E-state index contributed by atoms with van der Waals surface area (Å²) in [6, 6.07) is 9.35. The summed E-state index contributed by atoms with van der Waals surface area (Å²) in [5.74, 6) is -0.124. The van der Waals surface area contributed by atoms with Crippen molar-refractivity contribution in [3.05, 3.63) is 64.9 Å². The molecule has 0 saturated heterocycles. The third-order valence-corrected chi connectivity index (χ3v) is 4.95. The van der Waals surface area contributed by atoms with E-state index in [9.17, 15) is 13.6 Å². The van der Waals surface area contributed by atoms with E-state index in [1.807, 2.05) is 0 Å². The Morgan fingerprint density at radius 2 is 1.89 bits per heavy atom. The molecule has 10 heteroatoms. The Balaban J connectivity index is 1.54. The molecule has 0 spiro atoms. The van der Waals surface area contributed by atoms with Crippen LogP contribution in [-0.2, 0) is 18.4 Å². The van der Waals surface area contributed by atoms with Crippen LogP contribution in [0.4, 0.5) is 14.5 Å². The van der Waals surface area contributed by atoms with E-state index in [-0.39, 0.29) is 29.1 Å². The minimum Gasteiger partial charge on any atom is -0.484 e. The Bertz CT molecular complexity index is 982. The summed E-state index contributed by atoms with van der Waals surface area (Å²) in [6.45, 7) is 0.0805. The molecular weight excluding hydrogens is 410 g/mol. The average molecular weight is 425 g/mol. The fourth-order valence-electron chi connectivity index (χ4n) is 2.19. The number of hydrogen-bond donors (Lipinski definition) is 1. The molecule has 0 saturated carbocycles. The largest absolute Gasteiger partial charge is 0.484 e. The lowest BCUT2D eigenvalue weighted by Crippen LogP contribution is -2.14. The predicted molar refractivity (Wildman–Crippen MR) is 102 cm³/mol. The number of anilines is 1. The zero-order chi connectivity index (χ0) is 20.1. The van der Waals surface area contributed by atoms with Gasteiger partial charge in [-0.25, -0.2) is 8.78 Å². The minimum absolute atomic E-state index is 0.0805. The molecule has 0 unspecified atom stereocenters. The lowest BCUT2D eigenvalue weighted by molar-refractivity contribution is -0.113. The van der Waals surface area contributed by atoms with Gasteiger partial charge in [-0.1, -0.05) is 23.4 Å². The van der Waals surface area contributed by atoms with Gasteiger partial charge in [-0.3, -0.25) is 4.79 Å². The molecule has 0 atom stereocenters. The van der Waals surface area contributed by atoms with Crippen LogP contribution in [0, 0.1) is 11.6 Å². The lowest BCUT2D eigenvalue weighted by Gasteiger charge is -2.08. The zero-order valence-corrected chi connectivity index (χ0v) is 16.2. The Morgan fingerprint density at radius 1 is 1.18 bits per heavy atom. The first-order valence-electron chi connectivity index (χ1n) is 8.06. The Hall–Kier alpha value is -2.65. The first-order valence-corrected chi connectivity index (χ1v) is 9.43. The van der Waals surface area contributed by atoms with Crippen LogP contribution in [0.25, 0.3) is 0 Å². The van der Waals surface area contributed by atoms with E-state index in [2.05, 4.69) is 15.5 Å².